The average Bonchev–Trinajstić information content (AvgIpc) is 2.82. The number of fused-ring (bicyclic) bond motifs is 1. The van der Waals surface area contributed by atoms with Crippen molar-refractivity contribution in [2.45, 2.75) is 23.7 Å². The van der Waals surface area contributed by atoms with E-state index in [0.717, 1.165) is 24.3 Å². The SMILES string of the molecule is O=C1CCCN(C(=O)C2CSc3ccccc32)C1. The molecule has 2 aliphatic rings. The lowest BCUT2D eigenvalue weighted by Gasteiger charge is -2.28. The summed E-state index contributed by atoms with van der Waals surface area (Å²) in [7, 11) is 0. The van der Waals surface area contributed by atoms with Crippen molar-refractivity contribution >= 4 is 23.5 Å². The number of amides is 1. The van der Waals surface area contributed by atoms with E-state index in [0.29, 0.717) is 13.0 Å². The summed E-state index contributed by atoms with van der Waals surface area (Å²) in [6.07, 6.45) is 1.44. The molecule has 1 atom stereocenters. The van der Waals surface area contributed by atoms with Crippen LogP contribution >= 0.6 is 11.8 Å². The maximum atomic E-state index is 12.5. The van der Waals surface area contributed by atoms with Crippen molar-refractivity contribution in [2.75, 3.05) is 18.8 Å². The highest BCUT2D eigenvalue weighted by molar-refractivity contribution is 7.99. The Morgan fingerprint density at radius 3 is 3.00 bits per heavy atom. The molecule has 1 aromatic rings. The van der Waals surface area contributed by atoms with Gasteiger partial charge in [0.1, 0.15) is 0 Å². The van der Waals surface area contributed by atoms with E-state index in [-0.39, 0.29) is 17.6 Å². The molecule has 2 aliphatic heterocycles. The second kappa shape index (κ2) is 4.76. The highest BCUT2D eigenvalue weighted by Gasteiger charge is 2.33. The quantitative estimate of drug-likeness (QED) is 0.776. The van der Waals surface area contributed by atoms with Crippen molar-refractivity contribution in [3.8, 4) is 0 Å². The lowest BCUT2D eigenvalue weighted by Crippen LogP contribution is -2.42. The molecular weight excluding hydrogens is 246 g/mol. The number of nitrogens with zero attached hydrogens (tertiary/aromatic N) is 1. The average molecular weight is 261 g/mol. The van der Waals surface area contributed by atoms with Gasteiger partial charge in [0, 0.05) is 23.6 Å². The third-order valence-electron chi connectivity index (χ3n) is 3.56. The van der Waals surface area contributed by atoms with Crippen molar-refractivity contribution in [2.24, 2.45) is 0 Å². The van der Waals surface area contributed by atoms with Crippen LogP contribution in [0.3, 0.4) is 0 Å². The van der Waals surface area contributed by atoms with Gasteiger partial charge in [-0.05, 0) is 18.1 Å². The maximum Gasteiger partial charge on any atom is 0.231 e. The number of thioether (sulfide) groups is 1. The molecule has 4 heteroatoms. The van der Waals surface area contributed by atoms with E-state index in [1.54, 1.807) is 16.7 Å². The molecule has 1 fully saturated rings. The molecule has 3 nitrogen and oxygen atoms in total. The molecule has 1 saturated heterocycles. The van der Waals surface area contributed by atoms with Crippen LogP contribution in [0.4, 0.5) is 0 Å². The summed E-state index contributed by atoms with van der Waals surface area (Å²) in [6, 6.07) is 8.08. The predicted octanol–water partition coefficient (Wildman–Crippen LogP) is 2.07. The predicted molar refractivity (Wildman–Crippen MR) is 70.7 cm³/mol. The van der Waals surface area contributed by atoms with Crippen LogP contribution in [-0.2, 0) is 9.59 Å². The van der Waals surface area contributed by atoms with Crippen LogP contribution in [0.5, 0.6) is 0 Å². The van der Waals surface area contributed by atoms with E-state index in [2.05, 4.69) is 6.07 Å². The zero-order chi connectivity index (χ0) is 12.5. The number of piperidine rings is 1. The number of likely N-dealkylation sites (tertiary alicyclic amines) is 1. The molecular formula is C14H15NO2S. The second-order valence-corrected chi connectivity index (χ2v) is 5.87. The van der Waals surface area contributed by atoms with Crippen LogP contribution < -0.4 is 0 Å². The fourth-order valence-corrected chi connectivity index (χ4v) is 3.83. The second-order valence-electron chi connectivity index (χ2n) is 4.80. The Bertz CT molecular complexity index is 500. The number of carbonyl (C=O) groups is 2. The lowest BCUT2D eigenvalue weighted by atomic mass is 9.98. The van der Waals surface area contributed by atoms with Gasteiger partial charge in [-0.15, -0.1) is 11.8 Å². The number of hydrogen-bond acceptors (Lipinski definition) is 3. The summed E-state index contributed by atoms with van der Waals surface area (Å²) in [5, 5.41) is 0. The molecule has 0 radical (unpaired) electrons. The minimum Gasteiger partial charge on any atom is -0.335 e. The number of carbonyl (C=O) groups excluding carboxylic acids is 2. The van der Waals surface area contributed by atoms with Gasteiger partial charge in [-0.2, -0.15) is 0 Å². The number of Topliss-reactive ketones (excluding diaryl/α,β-unsaturated/α-hetero) is 1. The summed E-state index contributed by atoms with van der Waals surface area (Å²) < 4.78 is 0. The number of hydrogen-bond donors (Lipinski definition) is 0. The Kier molecular flexibility index (Phi) is 3.12. The highest BCUT2D eigenvalue weighted by Crippen LogP contribution is 2.40. The first kappa shape index (κ1) is 11.8. The Morgan fingerprint density at radius 1 is 1.33 bits per heavy atom. The van der Waals surface area contributed by atoms with E-state index in [1.807, 2.05) is 18.2 Å². The summed E-state index contributed by atoms with van der Waals surface area (Å²) in [5.41, 5.74) is 1.13. The normalized spacial score (nSPS) is 23.0. The first-order valence-corrected chi connectivity index (χ1v) is 7.26. The van der Waals surface area contributed by atoms with E-state index in [9.17, 15) is 9.59 Å². The van der Waals surface area contributed by atoms with Crippen LogP contribution in [0.1, 0.15) is 24.3 Å². The molecule has 1 amide bonds. The lowest BCUT2D eigenvalue weighted by molar-refractivity contribution is -0.138. The topological polar surface area (TPSA) is 37.4 Å². The molecule has 0 spiro atoms. The van der Waals surface area contributed by atoms with E-state index < -0.39 is 0 Å². The monoisotopic (exact) mass is 261 g/mol. The largest absolute Gasteiger partial charge is 0.335 e. The van der Waals surface area contributed by atoms with Gasteiger partial charge < -0.3 is 4.90 Å². The molecule has 94 valence electrons. The Hall–Kier alpha value is -1.29. The van der Waals surface area contributed by atoms with Crippen molar-refractivity contribution < 1.29 is 9.59 Å². The van der Waals surface area contributed by atoms with Crippen LogP contribution in [0, 0.1) is 0 Å². The van der Waals surface area contributed by atoms with Crippen LogP contribution in [0.25, 0.3) is 0 Å². The number of ketones is 1. The van der Waals surface area contributed by atoms with Crippen LogP contribution in [0.15, 0.2) is 29.2 Å². The molecule has 0 N–H and O–H groups in total. The number of benzene rings is 1. The molecule has 0 bridgehead atoms. The third kappa shape index (κ3) is 2.05. The Morgan fingerprint density at radius 2 is 2.17 bits per heavy atom. The Labute approximate surface area is 111 Å². The summed E-state index contributed by atoms with van der Waals surface area (Å²) in [4.78, 5) is 26.9. The van der Waals surface area contributed by atoms with Crippen LogP contribution in [-0.4, -0.2) is 35.4 Å². The van der Waals surface area contributed by atoms with Crippen molar-refractivity contribution in [3.05, 3.63) is 29.8 Å². The van der Waals surface area contributed by atoms with Gasteiger partial charge in [-0.1, -0.05) is 18.2 Å². The van der Waals surface area contributed by atoms with Crippen molar-refractivity contribution in [1.82, 2.24) is 4.90 Å². The molecule has 2 heterocycles. The molecule has 1 unspecified atom stereocenters. The van der Waals surface area contributed by atoms with Crippen LogP contribution in [0.2, 0.25) is 0 Å². The van der Waals surface area contributed by atoms with Gasteiger partial charge in [0.15, 0.2) is 5.78 Å². The van der Waals surface area contributed by atoms with Crippen molar-refractivity contribution in [1.29, 1.82) is 0 Å². The summed E-state index contributed by atoms with van der Waals surface area (Å²) >= 11 is 1.74. The molecule has 0 saturated carbocycles. The molecule has 0 aromatic heterocycles. The van der Waals surface area contributed by atoms with Gasteiger partial charge in [0.2, 0.25) is 5.91 Å². The fourth-order valence-electron chi connectivity index (χ4n) is 2.61. The highest BCUT2D eigenvalue weighted by atomic mass is 32.2. The standard InChI is InChI=1S/C14H15NO2S/c16-10-4-3-7-15(8-10)14(17)12-9-18-13-6-2-1-5-11(12)13/h1-2,5-6,12H,3-4,7-9H2. The molecule has 3 rings (SSSR count). The zero-order valence-corrected chi connectivity index (χ0v) is 10.9. The van der Waals surface area contributed by atoms with Gasteiger partial charge in [0.05, 0.1) is 12.5 Å². The summed E-state index contributed by atoms with van der Waals surface area (Å²) in [6.45, 7) is 1.04. The van der Waals surface area contributed by atoms with Gasteiger partial charge >= 0.3 is 0 Å². The van der Waals surface area contributed by atoms with E-state index in [1.165, 1.54) is 4.90 Å². The van der Waals surface area contributed by atoms with Crippen molar-refractivity contribution in [3.63, 3.8) is 0 Å². The molecule has 18 heavy (non-hydrogen) atoms. The molecule has 1 aromatic carbocycles. The minimum absolute atomic E-state index is 0.0582. The fraction of sp³-hybridized carbons (Fsp3) is 0.429. The van der Waals surface area contributed by atoms with Gasteiger partial charge in [-0.3, -0.25) is 9.59 Å². The van der Waals surface area contributed by atoms with Gasteiger partial charge in [-0.25, -0.2) is 0 Å². The minimum atomic E-state index is -0.0582. The summed E-state index contributed by atoms with van der Waals surface area (Å²) in [5.74, 6) is 1.06. The first-order chi connectivity index (χ1) is 8.75. The maximum absolute atomic E-state index is 12.5. The smallest absolute Gasteiger partial charge is 0.231 e. The zero-order valence-electron chi connectivity index (χ0n) is 10.1. The van der Waals surface area contributed by atoms with E-state index in [4.69, 9.17) is 0 Å². The third-order valence-corrected chi connectivity index (χ3v) is 4.74. The first-order valence-electron chi connectivity index (χ1n) is 6.28. The van der Waals surface area contributed by atoms with E-state index >= 15 is 0 Å². The molecule has 0 aliphatic carbocycles. The van der Waals surface area contributed by atoms with Gasteiger partial charge in [0.25, 0.3) is 0 Å². The Balaban J connectivity index is 1.80. The number of rotatable bonds is 1.